The first kappa shape index (κ1) is 23.1. The Morgan fingerprint density at radius 3 is 2.39 bits per heavy atom. The summed E-state index contributed by atoms with van der Waals surface area (Å²) in [5.74, 6) is -0.330. The van der Waals surface area contributed by atoms with Crippen LogP contribution >= 0.6 is 23.0 Å². The van der Waals surface area contributed by atoms with Gasteiger partial charge in [-0.3, -0.25) is 14.7 Å². The monoisotopic (exact) mass is 558 g/mol. The zero-order chi connectivity index (χ0) is 23.0. The van der Waals surface area contributed by atoms with Gasteiger partial charge in [0, 0.05) is 36.7 Å². The summed E-state index contributed by atoms with van der Waals surface area (Å²) in [5.41, 5.74) is 6.50. The van der Waals surface area contributed by atoms with Crippen molar-refractivity contribution in [1.82, 2.24) is 15.4 Å². The Morgan fingerprint density at radius 1 is 1.03 bits per heavy atom. The molecule has 8 nitrogen and oxygen atoms in total. The van der Waals surface area contributed by atoms with Crippen LogP contribution in [0.2, 0.25) is 0 Å². The molecule has 33 heavy (non-hydrogen) atoms. The van der Waals surface area contributed by atoms with Crippen LogP contribution in [0.15, 0.2) is 73.1 Å². The van der Waals surface area contributed by atoms with Gasteiger partial charge in [0.25, 0.3) is 5.91 Å². The third kappa shape index (κ3) is 5.86. The number of rotatable bonds is 6. The number of pyridine rings is 1. The highest BCUT2D eigenvalue weighted by Crippen LogP contribution is 2.25. The maximum atomic E-state index is 13.4. The van der Waals surface area contributed by atoms with E-state index in [0.717, 1.165) is 22.4 Å². The minimum absolute atomic E-state index is 0.0763. The zero-order valence-corrected chi connectivity index (χ0v) is 20.0. The number of amides is 3. The highest BCUT2D eigenvalue weighted by Gasteiger charge is 2.24. The van der Waals surface area contributed by atoms with Gasteiger partial charge in [-0.15, -0.1) is 0 Å². The summed E-state index contributed by atoms with van der Waals surface area (Å²) in [6, 6.07) is 18.8. The lowest BCUT2D eigenvalue weighted by molar-refractivity contribution is 0.0548. The van der Waals surface area contributed by atoms with Crippen LogP contribution in [0.4, 0.5) is 10.5 Å². The van der Waals surface area contributed by atoms with Gasteiger partial charge in [-0.05, 0) is 47.0 Å². The van der Waals surface area contributed by atoms with Gasteiger partial charge in [0.1, 0.15) is 23.0 Å². The molecule has 3 aromatic rings. The molecule has 1 aliphatic rings. The van der Waals surface area contributed by atoms with Crippen LogP contribution in [0.25, 0.3) is 11.1 Å². The molecule has 0 spiro atoms. The van der Waals surface area contributed by atoms with Gasteiger partial charge in [-0.25, -0.2) is 13.4 Å². The van der Waals surface area contributed by atoms with E-state index in [9.17, 15) is 9.59 Å². The minimum atomic E-state index is -0.330. The zero-order valence-electron chi connectivity index (χ0n) is 17.8. The van der Waals surface area contributed by atoms with Crippen LogP contribution in [0.1, 0.15) is 15.9 Å². The molecular formula is C24H23IN4O4. The molecule has 0 bridgehead atoms. The van der Waals surface area contributed by atoms with Crippen molar-refractivity contribution in [2.45, 2.75) is 6.54 Å². The number of carbonyl (C=O) groups is 2. The Kier molecular flexibility index (Phi) is 7.87. The first-order valence-electron chi connectivity index (χ1n) is 10.5. The van der Waals surface area contributed by atoms with Crippen LogP contribution in [0, 0.1) is 0 Å². The van der Waals surface area contributed by atoms with Gasteiger partial charge in [-0.1, -0.05) is 30.3 Å². The maximum absolute atomic E-state index is 13.4. The van der Waals surface area contributed by atoms with Gasteiger partial charge >= 0.3 is 6.03 Å². The number of benzene rings is 2. The van der Waals surface area contributed by atoms with Gasteiger partial charge in [-0.2, -0.15) is 0 Å². The lowest BCUT2D eigenvalue weighted by atomic mass is 10.1. The second-order valence-corrected chi connectivity index (χ2v) is 7.90. The molecule has 0 unspecified atom stereocenters. The molecule has 4 rings (SSSR count). The Balaban J connectivity index is 1.58. The number of hydrogen-bond acceptors (Lipinski definition) is 5. The number of ether oxygens (including phenoxy) is 1. The number of nitrogens with zero attached hydrogens (tertiary/aromatic N) is 3. The number of carbonyl (C=O) groups excluding carboxylic acids is 2. The average molecular weight is 558 g/mol. The van der Waals surface area contributed by atoms with Crippen LogP contribution < -0.4 is 10.4 Å². The fraction of sp³-hybridized carbons (Fsp3) is 0.208. The fourth-order valence-corrected chi connectivity index (χ4v) is 3.80. The quantitative estimate of drug-likeness (QED) is 0.362. The number of aromatic nitrogens is 1. The van der Waals surface area contributed by atoms with E-state index < -0.39 is 0 Å². The van der Waals surface area contributed by atoms with Crippen molar-refractivity contribution in [3.63, 3.8) is 0 Å². The lowest BCUT2D eigenvalue weighted by Crippen LogP contribution is -2.48. The molecule has 0 saturated carbocycles. The molecule has 170 valence electrons. The Morgan fingerprint density at radius 2 is 1.76 bits per heavy atom. The van der Waals surface area contributed by atoms with Crippen molar-refractivity contribution in [2.75, 3.05) is 31.2 Å². The fourth-order valence-electron chi connectivity index (χ4n) is 3.60. The van der Waals surface area contributed by atoms with Crippen molar-refractivity contribution in [3.8, 4) is 11.1 Å². The van der Waals surface area contributed by atoms with Gasteiger partial charge in [0.15, 0.2) is 0 Å². The Hall–Kier alpha value is -3.02. The maximum Gasteiger partial charge on any atom is 0.324 e. The van der Waals surface area contributed by atoms with E-state index in [2.05, 4.69) is 13.6 Å². The summed E-state index contributed by atoms with van der Waals surface area (Å²) in [6.45, 7) is 2.54. The molecular weight excluding hydrogens is 535 g/mol. The van der Waals surface area contributed by atoms with Crippen LogP contribution in [-0.4, -0.2) is 48.1 Å². The normalized spacial score (nSPS) is 13.4. The number of hydrogen-bond donors (Lipinski definition) is 1. The average Bonchev–Trinajstić information content (AvgIpc) is 2.88. The third-order valence-electron chi connectivity index (χ3n) is 5.37. The number of hydroxylamine groups is 1. The first-order chi connectivity index (χ1) is 16.2. The van der Waals surface area contributed by atoms with Gasteiger partial charge < -0.3 is 9.64 Å². The Bertz CT molecular complexity index is 1070. The summed E-state index contributed by atoms with van der Waals surface area (Å²) < 4.78 is 10.1. The van der Waals surface area contributed by atoms with Gasteiger partial charge in [0.05, 0.1) is 19.8 Å². The van der Waals surface area contributed by atoms with E-state index in [1.54, 1.807) is 51.1 Å². The standard InChI is InChI=1S/C24H23IN4O4/c25-33-27-23(30)20-5-3-18(4-6-20)17-29(24(31)28-12-14-32-15-13-28)22-9-7-19(8-10-22)21-2-1-11-26-16-21/h1-11,16H,12-15,17H2,(H,27,30). The smallest absolute Gasteiger partial charge is 0.324 e. The molecule has 2 heterocycles. The number of halogens is 1. The number of urea groups is 1. The molecule has 0 aliphatic carbocycles. The summed E-state index contributed by atoms with van der Waals surface area (Å²) >= 11 is 1.60. The molecule has 1 aliphatic heterocycles. The minimum Gasteiger partial charge on any atom is -0.378 e. The van der Waals surface area contributed by atoms with Gasteiger partial charge in [0.2, 0.25) is 0 Å². The van der Waals surface area contributed by atoms with Crippen LogP contribution in [-0.2, 0) is 14.4 Å². The topological polar surface area (TPSA) is 84.0 Å². The molecule has 0 radical (unpaired) electrons. The predicted octanol–water partition coefficient (Wildman–Crippen LogP) is 4.22. The van der Waals surface area contributed by atoms with E-state index in [1.807, 2.05) is 54.7 Å². The molecule has 0 atom stereocenters. The molecule has 1 aromatic heterocycles. The largest absolute Gasteiger partial charge is 0.378 e. The molecule has 9 heteroatoms. The number of morpholine rings is 1. The second kappa shape index (κ2) is 11.2. The van der Waals surface area contributed by atoms with Crippen molar-refractivity contribution < 1.29 is 17.5 Å². The van der Waals surface area contributed by atoms with E-state index in [0.29, 0.717) is 38.4 Å². The highest BCUT2D eigenvalue weighted by atomic mass is 127. The highest BCUT2D eigenvalue weighted by molar-refractivity contribution is 14.1. The molecule has 2 aromatic carbocycles. The molecule has 1 fully saturated rings. The number of nitrogens with one attached hydrogen (secondary N) is 1. The van der Waals surface area contributed by atoms with Crippen LogP contribution in [0.5, 0.6) is 0 Å². The van der Waals surface area contributed by atoms with Crippen LogP contribution in [0.3, 0.4) is 0 Å². The predicted molar refractivity (Wildman–Crippen MR) is 133 cm³/mol. The van der Waals surface area contributed by atoms with E-state index >= 15 is 0 Å². The molecule has 1 N–H and O–H groups in total. The Labute approximate surface area is 206 Å². The third-order valence-corrected chi connectivity index (χ3v) is 5.59. The summed E-state index contributed by atoms with van der Waals surface area (Å²) in [4.78, 5) is 33.1. The summed E-state index contributed by atoms with van der Waals surface area (Å²) in [5, 5.41) is 0. The van der Waals surface area contributed by atoms with E-state index in [1.165, 1.54) is 0 Å². The summed E-state index contributed by atoms with van der Waals surface area (Å²) in [6.07, 6.45) is 3.55. The SMILES string of the molecule is O=C(NOI)c1ccc(CN(C(=O)N2CCOCC2)c2ccc(-c3cccnc3)cc2)cc1. The van der Waals surface area contributed by atoms with E-state index in [4.69, 9.17) is 4.74 Å². The van der Waals surface area contributed by atoms with E-state index in [-0.39, 0.29) is 11.9 Å². The number of anilines is 1. The van der Waals surface area contributed by atoms with Crippen molar-refractivity contribution in [2.24, 2.45) is 0 Å². The second-order valence-electron chi connectivity index (χ2n) is 7.46. The molecule has 1 saturated heterocycles. The van der Waals surface area contributed by atoms with Crippen molar-refractivity contribution in [1.29, 1.82) is 0 Å². The van der Waals surface area contributed by atoms with Crippen molar-refractivity contribution >= 4 is 40.6 Å². The molecule has 3 amide bonds. The van der Waals surface area contributed by atoms with Crippen molar-refractivity contribution in [3.05, 3.63) is 84.2 Å². The first-order valence-corrected chi connectivity index (χ1v) is 11.4. The summed E-state index contributed by atoms with van der Waals surface area (Å²) in [7, 11) is 0. The lowest BCUT2D eigenvalue weighted by Gasteiger charge is -2.33.